The molecule has 0 amide bonds. The molecule has 0 aliphatic rings. The number of hydrogen-bond donors (Lipinski definition) is 0. The summed E-state index contributed by atoms with van der Waals surface area (Å²) in [5.41, 5.74) is 1.07. The second-order valence-electron chi connectivity index (χ2n) is 3.37. The van der Waals surface area contributed by atoms with Crippen LogP contribution in [0.4, 0.5) is 0 Å². The van der Waals surface area contributed by atoms with E-state index in [1.54, 1.807) is 6.20 Å². The fourth-order valence-electron chi connectivity index (χ4n) is 1.62. The number of hydrogen-bond acceptors (Lipinski definition) is 2. The molecule has 70 valence electrons. The van der Waals surface area contributed by atoms with Gasteiger partial charge in [-0.25, -0.2) is 0 Å². The first-order valence-electron chi connectivity index (χ1n) is 4.61. The molecule has 1 heterocycles. The average Bonchev–Trinajstić information content (AvgIpc) is 2.27. The largest absolute Gasteiger partial charge is 0.303 e. The van der Waals surface area contributed by atoms with Gasteiger partial charge in [-0.05, 0) is 17.0 Å². The van der Waals surface area contributed by atoms with E-state index in [9.17, 15) is 4.79 Å². The van der Waals surface area contributed by atoms with Crippen LogP contribution in [-0.2, 0) is 4.79 Å². The van der Waals surface area contributed by atoms with Crippen molar-refractivity contribution in [2.24, 2.45) is 0 Å². The van der Waals surface area contributed by atoms with Gasteiger partial charge < -0.3 is 4.79 Å². The van der Waals surface area contributed by atoms with E-state index in [0.29, 0.717) is 0 Å². The number of fused-ring (bicyclic) bond motifs is 1. The lowest BCUT2D eigenvalue weighted by molar-refractivity contribution is -0.108. The summed E-state index contributed by atoms with van der Waals surface area (Å²) in [7, 11) is 0. The smallest absolute Gasteiger partial charge is 0.127 e. The molecule has 0 N–H and O–H groups in total. The molecular weight excluding hydrogens is 174 g/mol. The topological polar surface area (TPSA) is 30.0 Å². The number of aldehydes is 1. The minimum absolute atomic E-state index is 0.0545. The van der Waals surface area contributed by atoms with Crippen LogP contribution >= 0.6 is 0 Å². The molecule has 2 aromatic rings. The molecule has 2 nitrogen and oxygen atoms in total. The van der Waals surface area contributed by atoms with Crippen molar-refractivity contribution in [1.29, 1.82) is 0 Å². The van der Waals surface area contributed by atoms with Crippen molar-refractivity contribution >= 4 is 17.1 Å². The molecule has 0 aliphatic heterocycles. The Morgan fingerprint density at radius 1 is 1.36 bits per heavy atom. The van der Waals surface area contributed by atoms with Gasteiger partial charge in [-0.15, -0.1) is 0 Å². The van der Waals surface area contributed by atoms with Crippen LogP contribution < -0.4 is 0 Å². The first kappa shape index (κ1) is 8.88. The highest BCUT2D eigenvalue weighted by atomic mass is 16.1. The van der Waals surface area contributed by atoms with E-state index in [2.05, 4.69) is 4.98 Å². The number of pyridine rings is 1. The Labute approximate surface area is 82.6 Å². The maximum atomic E-state index is 10.7. The van der Waals surface area contributed by atoms with E-state index in [-0.39, 0.29) is 5.92 Å². The van der Waals surface area contributed by atoms with Crippen LogP contribution in [0.2, 0.25) is 0 Å². The Morgan fingerprint density at radius 2 is 2.21 bits per heavy atom. The molecule has 1 aromatic heterocycles. The molecule has 2 rings (SSSR count). The maximum absolute atomic E-state index is 10.7. The van der Waals surface area contributed by atoms with Gasteiger partial charge in [0.15, 0.2) is 0 Å². The Morgan fingerprint density at radius 3 is 3.00 bits per heavy atom. The number of rotatable bonds is 2. The predicted octanol–water partition coefficient (Wildman–Crippen LogP) is 2.54. The van der Waals surface area contributed by atoms with Crippen molar-refractivity contribution < 1.29 is 4.79 Å². The molecule has 14 heavy (non-hydrogen) atoms. The summed E-state index contributed by atoms with van der Waals surface area (Å²) in [6.45, 7) is 1.90. The Balaban J connectivity index is 2.70. The molecule has 0 fully saturated rings. The quantitative estimate of drug-likeness (QED) is 0.673. The highest BCUT2D eigenvalue weighted by Gasteiger charge is 2.07. The van der Waals surface area contributed by atoms with Gasteiger partial charge in [-0.3, -0.25) is 4.98 Å². The number of aromatic nitrogens is 1. The van der Waals surface area contributed by atoms with E-state index in [1.165, 1.54) is 0 Å². The highest BCUT2D eigenvalue weighted by Crippen LogP contribution is 2.23. The fourth-order valence-corrected chi connectivity index (χ4v) is 1.62. The number of carbonyl (C=O) groups is 1. The molecule has 2 heteroatoms. The minimum atomic E-state index is -0.0545. The number of nitrogens with zero attached hydrogens (tertiary/aromatic N) is 1. The van der Waals surface area contributed by atoms with Crippen molar-refractivity contribution in [3.8, 4) is 0 Å². The van der Waals surface area contributed by atoms with E-state index < -0.39 is 0 Å². The van der Waals surface area contributed by atoms with Crippen LogP contribution in [0.25, 0.3) is 10.8 Å². The molecule has 0 radical (unpaired) electrons. The van der Waals surface area contributed by atoms with E-state index in [0.717, 1.165) is 22.6 Å². The summed E-state index contributed by atoms with van der Waals surface area (Å²) in [5, 5.41) is 2.20. The van der Waals surface area contributed by atoms with Gasteiger partial charge in [0.2, 0.25) is 0 Å². The lowest BCUT2D eigenvalue weighted by atomic mass is 9.97. The zero-order valence-electron chi connectivity index (χ0n) is 7.97. The van der Waals surface area contributed by atoms with Gasteiger partial charge in [0.1, 0.15) is 6.29 Å². The van der Waals surface area contributed by atoms with Crippen molar-refractivity contribution in [3.05, 3.63) is 42.2 Å². The number of carbonyl (C=O) groups excluding carboxylic acids is 1. The summed E-state index contributed by atoms with van der Waals surface area (Å²) in [5.74, 6) is -0.0545. The zero-order valence-corrected chi connectivity index (χ0v) is 7.97. The summed E-state index contributed by atoms with van der Waals surface area (Å²) in [6, 6.07) is 7.90. The van der Waals surface area contributed by atoms with Crippen LogP contribution in [0.3, 0.4) is 0 Å². The Bertz CT molecular complexity index is 459. The second-order valence-corrected chi connectivity index (χ2v) is 3.37. The van der Waals surface area contributed by atoms with Gasteiger partial charge in [-0.2, -0.15) is 0 Å². The third-order valence-electron chi connectivity index (χ3n) is 2.41. The normalized spacial score (nSPS) is 12.6. The fraction of sp³-hybridized carbons (Fsp3) is 0.167. The Hall–Kier alpha value is -1.70. The summed E-state index contributed by atoms with van der Waals surface area (Å²) in [6.07, 6.45) is 4.54. The van der Waals surface area contributed by atoms with Crippen LogP contribution in [0.5, 0.6) is 0 Å². The SMILES string of the molecule is CC(C=O)c1cccc2cnccc12. The van der Waals surface area contributed by atoms with Crippen molar-refractivity contribution in [2.45, 2.75) is 12.8 Å². The zero-order chi connectivity index (χ0) is 9.97. The third-order valence-corrected chi connectivity index (χ3v) is 2.41. The van der Waals surface area contributed by atoms with Crippen molar-refractivity contribution in [2.75, 3.05) is 0 Å². The number of benzene rings is 1. The second kappa shape index (κ2) is 3.58. The first-order chi connectivity index (χ1) is 6.83. The summed E-state index contributed by atoms with van der Waals surface area (Å²) < 4.78 is 0. The standard InChI is InChI=1S/C12H11NO/c1-9(8-14)11-4-2-3-10-7-13-6-5-12(10)11/h2-9H,1H3. The van der Waals surface area contributed by atoms with E-state index >= 15 is 0 Å². The van der Waals surface area contributed by atoms with Crippen LogP contribution in [0, 0.1) is 0 Å². The molecular formula is C12H11NO. The van der Waals surface area contributed by atoms with Gasteiger partial charge in [0.05, 0.1) is 0 Å². The first-order valence-corrected chi connectivity index (χ1v) is 4.61. The predicted molar refractivity (Wildman–Crippen MR) is 56.2 cm³/mol. The lowest BCUT2D eigenvalue weighted by Crippen LogP contribution is -1.95. The molecule has 1 atom stereocenters. The van der Waals surface area contributed by atoms with Gasteiger partial charge >= 0.3 is 0 Å². The van der Waals surface area contributed by atoms with Gasteiger partial charge in [0.25, 0.3) is 0 Å². The third kappa shape index (κ3) is 1.39. The van der Waals surface area contributed by atoms with Gasteiger partial charge in [0, 0.05) is 23.7 Å². The molecule has 1 unspecified atom stereocenters. The van der Waals surface area contributed by atoms with E-state index in [4.69, 9.17) is 0 Å². The molecule has 0 saturated heterocycles. The summed E-state index contributed by atoms with van der Waals surface area (Å²) in [4.78, 5) is 14.8. The van der Waals surface area contributed by atoms with Crippen LogP contribution in [0.1, 0.15) is 18.4 Å². The Kier molecular flexibility index (Phi) is 2.27. The van der Waals surface area contributed by atoms with Crippen LogP contribution in [0.15, 0.2) is 36.7 Å². The molecule has 0 aliphatic carbocycles. The monoisotopic (exact) mass is 185 g/mol. The maximum Gasteiger partial charge on any atom is 0.127 e. The van der Waals surface area contributed by atoms with Crippen molar-refractivity contribution in [1.82, 2.24) is 4.98 Å². The lowest BCUT2D eigenvalue weighted by Gasteiger charge is -2.07. The van der Waals surface area contributed by atoms with Crippen LogP contribution in [-0.4, -0.2) is 11.3 Å². The highest BCUT2D eigenvalue weighted by molar-refractivity contribution is 5.87. The van der Waals surface area contributed by atoms with Gasteiger partial charge in [-0.1, -0.05) is 25.1 Å². The molecule has 1 aromatic carbocycles. The molecule has 0 saturated carbocycles. The molecule has 0 spiro atoms. The molecule has 0 bridgehead atoms. The van der Waals surface area contributed by atoms with E-state index in [1.807, 2.05) is 37.4 Å². The summed E-state index contributed by atoms with van der Waals surface area (Å²) >= 11 is 0. The average molecular weight is 185 g/mol. The minimum Gasteiger partial charge on any atom is -0.303 e. The van der Waals surface area contributed by atoms with Crippen molar-refractivity contribution in [3.63, 3.8) is 0 Å².